The first-order valence-electron chi connectivity index (χ1n) is 3.73. The summed E-state index contributed by atoms with van der Waals surface area (Å²) in [6, 6.07) is 6.10. The van der Waals surface area contributed by atoms with Gasteiger partial charge < -0.3 is 10.3 Å². The number of hydrogen-bond acceptors (Lipinski definition) is 3. The first-order valence-corrected chi connectivity index (χ1v) is 3.73. The van der Waals surface area contributed by atoms with E-state index in [4.69, 9.17) is 5.73 Å². The fourth-order valence-corrected chi connectivity index (χ4v) is 1.12. The number of nitrogen functional groups attached to an aromatic ring is 1. The van der Waals surface area contributed by atoms with E-state index in [2.05, 4.69) is 9.68 Å². The third kappa shape index (κ3) is 1.38. The van der Waals surface area contributed by atoms with Gasteiger partial charge in [0.2, 0.25) is 0 Å². The number of nitrogens with zero attached hydrogens (tertiary/aromatic N) is 1. The van der Waals surface area contributed by atoms with Gasteiger partial charge in [0.25, 0.3) is 0 Å². The van der Waals surface area contributed by atoms with Crippen LogP contribution in [0.4, 0.5) is 10.2 Å². The third-order valence-corrected chi connectivity index (χ3v) is 1.73. The molecule has 0 aliphatic heterocycles. The van der Waals surface area contributed by atoms with E-state index in [1.165, 1.54) is 18.4 Å². The van der Waals surface area contributed by atoms with Gasteiger partial charge in [0.05, 0.1) is 5.56 Å². The second kappa shape index (κ2) is 2.90. The van der Waals surface area contributed by atoms with Crippen molar-refractivity contribution in [2.24, 2.45) is 0 Å². The molecule has 0 saturated heterocycles. The van der Waals surface area contributed by atoms with E-state index in [1.807, 2.05) is 0 Å². The Kier molecular flexibility index (Phi) is 1.73. The maximum atomic E-state index is 12.8. The molecule has 0 atom stereocenters. The molecule has 2 aromatic rings. The van der Waals surface area contributed by atoms with Crippen molar-refractivity contribution >= 4 is 5.82 Å². The molecule has 0 aliphatic carbocycles. The zero-order valence-corrected chi connectivity index (χ0v) is 6.70. The van der Waals surface area contributed by atoms with Crippen LogP contribution in [-0.2, 0) is 0 Å². The van der Waals surface area contributed by atoms with Crippen molar-refractivity contribution in [1.29, 1.82) is 0 Å². The van der Waals surface area contributed by atoms with E-state index in [-0.39, 0.29) is 11.6 Å². The Hall–Kier alpha value is -1.84. The number of halogens is 1. The number of rotatable bonds is 1. The lowest BCUT2D eigenvalue weighted by molar-refractivity contribution is 0.423. The predicted octanol–water partition coefficient (Wildman–Crippen LogP) is 2.06. The van der Waals surface area contributed by atoms with Crippen LogP contribution in [0.3, 0.4) is 0 Å². The van der Waals surface area contributed by atoms with Crippen molar-refractivity contribution < 1.29 is 8.91 Å². The molecule has 1 aromatic heterocycles. The van der Waals surface area contributed by atoms with Gasteiger partial charge in [-0.2, -0.15) is 0 Å². The van der Waals surface area contributed by atoms with Gasteiger partial charge in [0, 0.05) is 0 Å². The minimum absolute atomic E-state index is 0.269. The topological polar surface area (TPSA) is 52.0 Å². The number of anilines is 1. The number of hydrogen-bond donors (Lipinski definition) is 1. The van der Waals surface area contributed by atoms with E-state index in [0.717, 1.165) is 0 Å². The molecule has 2 rings (SSSR count). The van der Waals surface area contributed by atoms with Gasteiger partial charge in [-0.05, 0) is 17.7 Å². The first kappa shape index (κ1) is 7.79. The van der Waals surface area contributed by atoms with Crippen LogP contribution in [0.25, 0.3) is 11.1 Å². The van der Waals surface area contributed by atoms with Gasteiger partial charge >= 0.3 is 0 Å². The molecule has 0 spiro atoms. The minimum Gasteiger partial charge on any atom is -0.380 e. The van der Waals surface area contributed by atoms with Crippen LogP contribution < -0.4 is 5.73 Å². The van der Waals surface area contributed by atoms with Crippen LogP contribution in [0.2, 0.25) is 0 Å². The molecule has 0 aliphatic rings. The monoisotopic (exact) mass is 178 g/mol. The third-order valence-electron chi connectivity index (χ3n) is 1.73. The summed E-state index contributed by atoms with van der Waals surface area (Å²) in [5.74, 6) is -0.0382. The second-order valence-corrected chi connectivity index (χ2v) is 2.62. The van der Waals surface area contributed by atoms with Gasteiger partial charge in [-0.15, -0.1) is 0 Å². The number of benzene rings is 1. The van der Waals surface area contributed by atoms with Gasteiger partial charge in [0.1, 0.15) is 12.1 Å². The average molecular weight is 178 g/mol. The fourth-order valence-electron chi connectivity index (χ4n) is 1.12. The molecule has 3 nitrogen and oxygen atoms in total. The largest absolute Gasteiger partial charge is 0.380 e. The van der Waals surface area contributed by atoms with Gasteiger partial charge in [-0.25, -0.2) is 4.39 Å². The SMILES string of the molecule is Nc1nocc1-c1cccc(F)c1. The zero-order valence-electron chi connectivity index (χ0n) is 6.70. The normalized spacial score (nSPS) is 10.2. The quantitative estimate of drug-likeness (QED) is 0.727. The Morgan fingerprint density at radius 1 is 1.38 bits per heavy atom. The highest BCUT2D eigenvalue weighted by atomic mass is 19.1. The van der Waals surface area contributed by atoms with Crippen molar-refractivity contribution in [3.05, 3.63) is 36.3 Å². The summed E-state index contributed by atoms with van der Waals surface area (Å²) in [7, 11) is 0. The molecule has 1 heterocycles. The molecule has 0 unspecified atom stereocenters. The van der Waals surface area contributed by atoms with E-state index in [9.17, 15) is 4.39 Å². The second-order valence-electron chi connectivity index (χ2n) is 2.62. The molecule has 4 heteroatoms. The standard InChI is InChI=1S/C9H7FN2O/c10-7-3-1-2-6(4-7)8-5-13-12-9(8)11/h1-5H,(H2,11,12). The molecule has 66 valence electrons. The Balaban J connectivity index is 2.53. The Morgan fingerprint density at radius 3 is 2.85 bits per heavy atom. The lowest BCUT2D eigenvalue weighted by atomic mass is 10.1. The molecule has 0 bridgehead atoms. The summed E-state index contributed by atoms with van der Waals surface area (Å²) in [6.07, 6.45) is 1.39. The van der Waals surface area contributed by atoms with Crippen molar-refractivity contribution in [2.45, 2.75) is 0 Å². The summed E-state index contributed by atoms with van der Waals surface area (Å²) >= 11 is 0. The molecule has 0 fully saturated rings. The summed E-state index contributed by atoms with van der Waals surface area (Å²) in [6.45, 7) is 0. The lowest BCUT2D eigenvalue weighted by Crippen LogP contribution is -1.87. The van der Waals surface area contributed by atoms with Crippen molar-refractivity contribution in [3.63, 3.8) is 0 Å². The molecule has 0 saturated carbocycles. The number of nitrogens with two attached hydrogens (primary N) is 1. The molecule has 1 aromatic carbocycles. The summed E-state index contributed by atoms with van der Waals surface area (Å²) in [5.41, 5.74) is 6.77. The average Bonchev–Trinajstić information content (AvgIpc) is 2.51. The first-order chi connectivity index (χ1) is 6.27. The summed E-state index contributed by atoms with van der Waals surface area (Å²) in [4.78, 5) is 0. The Labute approximate surface area is 74.0 Å². The highest BCUT2D eigenvalue weighted by molar-refractivity contribution is 5.72. The maximum absolute atomic E-state index is 12.8. The van der Waals surface area contributed by atoms with E-state index >= 15 is 0 Å². The van der Waals surface area contributed by atoms with Crippen LogP contribution in [0, 0.1) is 5.82 Å². The highest BCUT2D eigenvalue weighted by Gasteiger charge is 2.06. The van der Waals surface area contributed by atoms with E-state index < -0.39 is 0 Å². The van der Waals surface area contributed by atoms with Crippen LogP contribution in [-0.4, -0.2) is 5.16 Å². The van der Waals surface area contributed by atoms with Crippen LogP contribution in [0.1, 0.15) is 0 Å². The minimum atomic E-state index is -0.307. The zero-order chi connectivity index (χ0) is 9.26. The van der Waals surface area contributed by atoms with E-state index in [0.29, 0.717) is 11.1 Å². The number of aromatic nitrogens is 1. The summed E-state index contributed by atoms with van der Waals surface area (Å²) in [5, 5.41) is 3.50. The van der Waals surface area contributed by atoms with Crippen LogP contribution in [0.15, 0.2) is 35.1 Å². The smallest absolute Gasteiger partial charge is 0.174 e. The molecule has 2 N–H and O–H groups in total. The maximum Gasteiger partial charge on any atom is 0.174 e. The van der Waals surface area contributed by atoms with Gasteiger partial charge in [-0.1, -0.05) is 17.3 Å². The molecular formula is C9H7FN2O. The van der Waals surface area contributed by atoms with Gasteiger partial charge in [0.15, 0.2) is 5.82 Å². The molecular weight excluding hydrogens is 171 g/mol. The fraction of sp³-hybridized carbons (Fsp3) is 0. The van der Waals surface area contributed by atoms with Crippen molar-refractivity contribution in [3.8, 4) is 11.1 Å². The van der Waals surface area contributed by atoms with Crippen LogP contribution >= 0.6 is 0 Å². The Morgan fingerprint density at radius 2 is 2.23 bits per heavy atom. The lowest BCUT2D eigenvalue weighted by Gasteiger charge is -1.96. The predicted molar refractivity (Wildman–Crippen MR) is 46.3 cm³/mol. The van der Waals surface area contributed by atoms with Crippen molar-refractivity contribution in [1.82, 2.24) is 5.16 Å². The van der Waals surface area contributed by atoms with Crippen LogP contribution in [0.5, 0.6) is 0 Å². The summed E-state index contributed by atoms with van der Waals surface area (Å²) < 4.78 is 17.4. The molecule has 13 heavy (non-hydrogen) atoms. The Bertz CT molecular complexity index is 425. The van der Waals surface area contributed by atoms with Crippen molar-refractivity contribution in [2.75, 3.05) is 5.73 Å². The van der Waals surface area contributed by atoms with Gasteiger partial charge in [-0.3, -0.25) is 0 Å². The molecule has 0 radical (unpaired) electrons. The van der Waals surface area contributed by atoms with E-state index in [1.54, 1.807) is 12.1 Å². The highest BCUT2D eigenvalue weighted by Crippen LogP contribution is 2.24. The molecule has 0 amide bonds.